The molecule has 0 spiro atoms. The van der Waals surface area contributed by atoms with E-state index in [9.17, 15) is 0 Å². The fourth-order valence-corrected chi connectivity index (χ4v) is 3.70. The Kier molecular flexibility index (Phi) is 4.74. The molecule has 1 heterocycles. The lowest BCUT2D eigenvalue weighted by molar-refractivity contribution is -0.0448. The maximum atomic E-state index is 5.68. The summed E-state index contributed by atoms with van der Waals surface area (Å²) >= 11 is 0. The van der Waals surface area contributed by atoms with Crippen LogP contribution in [0, 0.1) is 11.8 Å². The van der Waals surface area contributed by atoms with Gasteiger partial charge in [0.15, 0.2) is 6.29 Å². The second-order valence-electron chi connectivity index (χ2n) is 6.35. The molecule has 1 aliphatic heterocycles. The lowest BCUT2D eigenvalue weighted by atomic mass is 9.78. The van der Waals surface area contributed by atoms with Crippen LogP contribution in [-0.2, 0) is 15.9 Å². The molecule has 0 amide bonds. The highest BCUT2D eigenvalue weighted by Gasteiger charge is 2.24. The Morgan fingerprint density at radius 3 is 2.50 bits per heavy atom. The third-order valence-corrected chi connectivity index (χ3v) is 4.93. The van der Waals surface area contributed by atoms with Gasteiger partial charge in [-0.3, -0.25) is 0 Å². The van der Waals surface area contributed by atoms with Crippen LogP contribution in [0.15, 0.2) is 24.3 Å². The first-order valence-corrected chi connectivity index (χ1v) is 8.15. The van der Waals surface area contributed by atoms with E-state index < -0.39 is 0 Å². The molecule has 2 fully saturated rings. The zero-order valence-corrected chi connectivity index (χ0v) is 12.5. The molecular formula is C18H26O2. The molecule has 20 heavy (non-hydrogen) atoms. The molecule has 0 aromatic heterocycles. The van der Waals surface area contributed by atoms with Gasteiger partial charge in [0.25, 0.3) is 0 Å². The van der Waals surface area contributed by atoms with Gasteiger partial charge in [-0.15, -0.1) is 0 Å². The van der Waals surface area contributed by atoms with Gasteiger partial charge in [-0.05, 0) is 23.8 Å². The summed E-state index contributed by atoms with van der Waals surface area (Å²) in [6.45, 7) is 3.86. The molecule has 0 radical (unpaired) electrons. The Bertz CT molecular complexity index is 417. The average Bonchev–Trinajstić information content (AvgIpc) is 3.03. The number of benzene rings is 1. The molecule has 1 atom stereocenters. The first kappa shape index (κ1) is 14.1. The van der Waals surface area contributed by atoms with E-state index in [0.29, 0.717) is 0 Å². The van der Waals surface area contributed by atoms with Gasteiger partial charge >= 0.3 is 0 Å². The van der Waals surface area contributed by atoms with Crippen LogP contribution < -0.4 is 0 Å². The van der Waals surface area contributed by atoms with Crippen molar-refractivity contribution in [2.75, 3.05) is 13.2 Å². The van der Waals surface area contributed by atoms with Crippen molar-refractivity contribution < 1.29 is 9.47 Å². The Balaban J connectivity index is 1.69. The largest absolute Gasteiger partial charge is 0.346 e. The highest BCUT2D eigenvalue weighted by molar-refractivity contribution is 5.29. The zero-order chi connectivity index (χ0) is 13.8. The number of ether oxygens (including phenoxy) is 2. The highest BCUT2D eigenvalue weighted by Crippen LogP contribution is 2.34. The molecule has 2 aliphatic rings. The van der Waals surface area contributed by atoms with Crippen LogP contribution in [0.1, 0.15) is 56.4 Å². The summed E-state index contributed by atoms with van der Waals surface area (Å²) in [4.78, 5) is 0. The SMILES string of the molecule is CC(Cc1ccccc1C1OCCO1)C1CCCCC1. The predicted octanol–water partition coefficient (Wildman–Crippen LogP) is 4.49. The number of hydrogen-bond acceptors (Lipinski definition) is 2. The normalized spacial score (nSPS) is 23.1. The summed E-state index contributed by atoms with van der Waals surface area (Å²) in [7, 11) is 0. The lowest BCUT2D eigenvalue weighted by Gasteiger charge is -2.28. The summed E-state index contributed by atoms with van der Waals surface area (Å²) in [5.41, 5.74) is 2.66. The topological polar surface area (TPSA) is 18.5 Å². The van der Waals surface area contributed by atoms with Gasteiger partial charge in [0.05, 0.1) is 13.2 Å². The molecule has 1 aromatic rings. The van der Waals surface area contributed by atoms with E-state index in [0.717, 1.165) is 31.5 Å². The molecule has 1 saturated carbocycles. The molecule has 1 aromatic carbocycles. The Hall–Kier alpha value is -0.860. The summed E-state index contributed by atoms with van der Waals surface area (Å²) < 4.78 is 11.4. The van der Waals surface area contributed by atoms with Crippen molar-refractivity contribution in [3.05, 3.63) is 35.4 Å². The van der Waals surface area contributed by atoms with E-state index >= 15 is 0 Å². The zero-order valence-electron chi connectivity index (χ0n) is 12.5. The molecular weight excluding hydrogens is 248 g/mol. The first-order chi connectivity index (χ1) is 9.84. The van der Waals surface area contributed by atoms with Gasteiger partial charge in [0, 0.05) is 5.56 Å². The summed E-state index contributed by atoms with van der Waals surface area (Å²) in [6, 6.07) is 8.65. The predicted molar refractivity (Wildman–Crippen MR) is 80.5 cm³/mol. The quantitative estimate of drug-likeness (QED) is 0.805. The van der Waals surface area contributed by atoms with Gasteiger partial charge in [-0.2, -0.15) is 0 Å². The van der Waals surface area contributed by atoms with E-state index in [1.807, 2.05) is 0 Å². The summed E-state index contributed by atoms with van der Waals surface area (Å²) in [6.07, 6.45) is 8.13. The van der Waals surface area contributed by atoms with Crippen molar-refractivity contribution in [3.63, 3.8) is 0 Å². The molecule has 2 heteroatoms. The van der Waals surface area contributed by atoms with Gasteiger partial charge in [0.2, 0.25) is 0 Å². The van der Waals surface area contributed by atoms with E-state index in [1.165, 1.54) is 43.2 Å². The second-order valence-corrected chi connectivity index (χ2v) is 6.35. The van der Waals surface area contributed by atoms with Crippen molar-refractivity contribution in [3.8, 4) is 0 Å². The Morgan fingerprint density at radius 2 is 1.75 bits per heavy atom. The molecule has 1 saturated heterocycles. The maximum Gasteiger partial charge on any atom is 0.184 e. The molecule has 3 rings (SSSR count). The molecule has 2 nitrogen and oxygen atoms in total. The summed E-state index contributed by atoms with van der Waals surface area (Å²) in [5, 5.41) is 0. The van der Waals surface area contributed by atoms with E-state index in [2.05, 4.69) is 31.2 Å². The van der Waals surface area contributed by atoms with Gasteiger partial charge in [0.1, 0.15) is 0 Å². The third kappa shape index (κ3) is 3.24. The van der Waals surface area contributed by atoms with Crippen molar-refractivity contribution in [1.29, 1.82) is 0 Å². The third-order valence-electron chi connectivity index (χ3n) is 4.93. The monoisotopic (exact) mass is 274 g/mol. The van der Waals surface area contributed by atoms with Crippen molar-refractivity contribution in [2.24, 2.45) is 11.8 Å². The summed E-state index contributed by atoms with van der Waals surface area (Å²) in [5.74, 6) is 1.67. The van der Waals surface area contributed by atoms with Crippen LogP contribution >= 0.6 is 0 Å². The first-order valence-electron chi connectivity index (χ1n) is 8.15. The van der Waals surface area contributed by atoms with Gasteiger partial charge in [-0.1, -0.05) is 63.3 Å². The second kappa shape index (κ2) is 6.73. The van der Waals surface area contributed by atoms with Crippen LogP contribution in [0.3, 0.4) is 0 Å². The minimum absolute atomic E-state index is 0.134. The molecule has 0 bridgehead atoms. The van der Waals surface area contributed by atoms with E-state index in [-0.39, 0.29) is 6.29 Å². The molecule has 1 unspecified atom stereocenters. The Morgan fingerprint density at radius 1 is 1.05 bits per heavy atom. The van der Waals surface area contributed by atoms with Crippen LogP contribution in [0.25, 0.3) is 0 Å². The number of rotatable bonds is 4. The molecule has 1 aliphatic carbocycles. The minimum Gasteiger partial charge on any atom is -0.346 e. The van der Waals surface area contributed by atoms with Gasteiger partial charge < -0.3 is 9.47 Å². The lowest BCUT2D eigenvalue weighted by Crippen LogP contribution is -2.18. The van der Waals surface area contributed by atoms with E-state index in [4.69, 9.17) is 9.47 Å². The van der Waals surface area contributed by atoms with Crippen molar-refractivity contribution in [1.82, 2.24) is 0 Å². The average molecular weight is 274 g/mol. The number of hydrogen-bond donors (Lipinski definition) is 0. The van der Waals surface area contributed by atoms with Crippen molar-refractivity contribution >= 4 is 0 Å². The standard InChI is InChI=1S/C18H26O2/c1-14(15-7-3-2-4-8-15)13-16-9-5-6-10-17(16)18-19-11-12-20-18/h5-6,9-10,14-15,18H,2-4,7-8,11-13H2,1H3. The highest BCUT2D eigenvalue weighted by atomic mass is 16.7. The van der Waals surface area contributed by atoms with Crippen LogP contribution in [0.2, 0.25) is 0 Å². The smallest absolute Gasteiger partial charge is 0.184 e. The van der Waals surface area contributed by atoms with Crippen molar-refractivity contribution in [2.45, 2.75) is 51.7 Å². The van der Waals surface area contributed by atoms with Crippen LogP contribution in [0.4, 0.5) is 0 Å². The minimum atomic E-state index is -0.134. The Labute approximate surface area is 122 Å². The van der Waals surface area contributed by atoms with Crippen LogP contribution in [-0.4, -0.2) is 13.2 Å². The molecule has 0 N–H and O–H groups in total. The fraction of sp³-hybridized carbons (Fsp3) is 0.667. The van der Waals surface area contributed by atoms with Gasteiger partial charge in [-0.25, -0.2) is 0 Å². The van der Waals surface area contributed by atoms with E-state index in [1.54, 1.807) is 0 Å². The van der Waals surface area contributed by atoms with Crippen LogP contribution in [0.5, 0.6) is 0 Å². The molecule has 110 valence electrons. The fourth-order valence-electron chi connectivity index (χ4n) is 3.70. The maximum absolute atomic E-state index is 5.68.